The van der Waals surface area contributed by atoms with Crippen LogP contribution in [0.3, 0.4) is 0 Å². The fraction of sp³-hybridized carbons (Fsp3) is 0.227. The second-order valence-corrected chi connectivity index (χ2v) is 8.65. The average Bonchev–Trinajstić information content (AvgIpc) is 2.77. The van der Waals surface area contributed by atoms with Crippen molar-refractivity contribution in [2.45, 2.75) is 37.6 Å². The molecule has 2 amide bonds. The average molecular weight is 472 g/mol. The van der Waals surface area contributed by atoms with Gasteiger partial charge < -0.3 is 10.6 Å². The summed E-state index contributed by atoms with van der Waals surface area (Å²) in [5.74, 6) is -0.441. The molecule has 0 aliphatic rings. The summed E-state index contributed by atoms with van der Waals surface area (Å²) in [6, 6.07) is 12.1. The molecule has 0 bridgehead atoms. The molecule has 0 aliphatic carbocycles. The summed E-state index contributed by atoms with van der Waals surface area (Å²) in [5, 5.41) is 13.9. The molecule has 1 aromatic heterocycles. The van der Waals surface area contributed by atoms with E-state index < -0.39 is 10.8 Å². The molecule has 0 fully saturated rings. The molecule has 166 valence electrons. The highest BCUT2D eigenvalue weighted by Gasteiger charge is 2.19. The predicted molar refractivity (Wildman–Crippen MR) is 127 cm³/mol. The highest BCUT2D eigenvalue weighted by molar-refractivity contribution is 8.00. The van der Waals surface area contributed by atoms with E-state index in [1.165, 1.54) is 0 Å². The number of hydrogen-bond donors (Lipinski definition) is 3. The minimum Gasteiger partial charge on any atom is -0.325 e. The summed E-state index contributed by atoms with van der Waals surface area (Å²) < 4.78 is 0. The number of nitrogens with zero attached hydrogens (tertiary/aromatic N) is 2. The number of carbonyl (C=O) groups is 2. The van der Waals surface area contributed by atoms with Gasteiger partial charge in [0.1, 0.15) is 0 Å². The van der Waals surface area contributed by atoms with Crippen LogP contribution in [0.1, 0.15) is 25.8 Å². The number of benzene rings is 2. The molecule has 3 aromatic rings. The van der Waals surface area contributed by atoms with Crippen molar-refractivity contribution in [3.8, 4) is 11.3 Å². The summed E-state index contributed by atoms with van der Waals surface area (Å²) >= 11 is 7.17. The fourth-order valence-corrected chi connectivity index (χ4v) is 3.70. The van der Waals surface area contributed by atoms with E-state index in [-0.39, 0.29) is 22.7 Å². The van der Waals surface area contributed by atoms with Crippen molar-refractivity contribution in [3.63, 3.8) is 0 Å². The van der Waals surface area contributed by atoms with Gasteiger partial charge in [0, 0.05) is 22.7 Å². The van der Waals surface area contributed by atoms with E-state index in [0.717, 1.165) is 17.3 Å². The molecule has 0 spiro atoms. The van der Waals surface area contributed by atoms with E-state index in [0.29, 0.717) is 28.4 Å². The van der Waals surface area contributed by atoms with Crippen LogP contribution in [0.15, 0.2) is 52.4 Å². The van der Waals surface area contributed by atoms with Crippen molar-refractivity contribution in [1.29, 1.82) is 0 Å². The lowest BCUT2D eigenvalue weighted by Crippen LogP contribution is -2.24. The SMILES string of the molecule is CCC(=O)Nc1ccccc1-c1nnc(SC(C)C(=O)Nc2cccc(Cl)c2C)[nH]c1=O. The molecule has 1 unspecified atom stereocenters. The fourth-order valence-electron chi connectivity index (χ4n) is 2.79. The zero-order valence-corrected chi connectivity index (χ0v) is 19.3. The van der Waals surface area contributed by atoms with Gasteiger partial charge in [-0.15, -0.1) is 10.2 Å². The molecule has 1 heterocycles. The third-order valence-electron chi connectivity index (χ3n) is 4.64. The number of thioether (sulfide) groups is 1. The van der Waals surface area contributed by atoms with Crippen LogP contribution in [-0.2, 0) is 9.59 Å². The number of anilines is 2. The molecular formula is C22H22ClN5O3S. The molecule has 3 N–H and O–H groups in total. The van der Waals surface area contributed by atoms with Crippen LogP contribution in [0.2, 0.25) is 5.02 Å². The van der Waals surface area contributed by atoms with E-state index in [2.05, 4.69) is 25.8 Å². The third-order valence-corrected chi connectivity index (χ3v) is 6.02. The number of hydrogen-bond acceptors (Lipinski definition) is 6. The first-order valence-corrected chi connectivity index (χ1v) is 11.1. The Kier molecular flexibility index (Phi) is 7.66. The van der Waals surface area contributed by atoms with Gasteiger partial charge in [0.05, 0.1) is 10.9 Å². The largest absolute Gasteiger partial charge is 0.325 e. The molecule has 0 saturated heterocycles. The maximum Gasteiger partial charge on any atom is 0.278 e. The molecule has 32 heavy (non-hydrogen) atoms. The van der Waals surface area contributed by atoms with Crippen molar-refractivity contribution in [2.24, 2.45) is 0 Å². The smallest absolute Gasteiger partial charge is 0.278 e. The van der Waals surface area contributed by atoms with Gasteiger partial charge in [0.2, 0.25) is 11.8 Å². The number of para-hydroxylation sites is 1. The summed E-state index contributed by atoms with van der Waals surface area (Å²) in [6.45, 7) is 5.25. The van der Waals surface area contributed by atoms with Gasteiger partial charge in [-0.1, -0.05) is 54.6 Å². The summed E-state index contributed by atoms with van der Waals surface area (Å²) in [4.78, 5) is 39.7. The van der Waals surface area contributed by atoms with Crippen molar-refractivity contribution >= 4 is 46.6 Å². The quantitative estimate of drug-likeness (QED) is 0.443. The molecule has 1 atom stereocenters. The number of amides is 2. The Morgan fingerprint density at radius 3 is 2.53 bits per heavy atom. The molecular weight excluding hydrogens is 450 g/mol. The Labute approximate surface area is 194 Å². The number of aromatic amines is 1. The molecule has 0 saturated carbocycles. The summed E-state index contributed by atoms with van der Waals surface area (Å²) in [6.07, 6.45) is 0.306. The minimum absolute atomic E-state index is 0.0769. The van der Waals surface area contributed by atoms with Gasteiger partial charge in [-0.05, 0) is 37.6 Å². The number of carbonyl (C=O) groups excluding carboxylic acids is 2. The summed E-state index contributed by atoms with van der Waals surface area (Å²) in [7, 11) is 0. The number of nitrogens with one attached hydrogen (secondary N) is 3. The van der Waals surface area contributed by atoms with Crippen LogP contribution >= 0.6 is 23.4 Å². The van der Waals surface area contributed by atoms with E-state index in [9.17, 15) is 14.4 Å². The van der Waals surface area contributed by atoms with Crippen LogP contribution in [0.4, 0.5) is 11.4 Å². The van der Waals surface area contributed by atoms with E-state index in [1.807, 2.05) is 6.92 Å². The Morgan fingerprint density at radius 2 is 1.81 bits per heavy atom. The number of halogens is 1. The van der Waals surface area contributed by atoms with Crippen LogP contribution in [0.25, 0.3) is 11.3 Å². The summed E-state index contributed by atoms with van der Waals surface area (Å²) in [5.41, 5.74) is 1.93. The topological polar surface area (TPSA) is 117 Å². The predicted octanol–water partition coefficient (Wildman–Crippen LogP) is 4.26. The Balaban J connectivity index is 1.76. The van der Waals surface area contributed by atoms with Crippen molar-refractivity contribution in [1.82, 2.24) is 15.2 Å². The standard InChI is InChI=1S/C22H22ClN5O3S/c1-4-18(29)24-17-10-6-5-8-14(17)19-21(31)26-22(28-27-19)32-13(3)20(30)25-16-11-7-9-15(23)12(16)2/h5-11,13H,4H2,1-3H3,(H,24,29)(H,25,30)(H,26,28,31). The second kappa shape index (κ2) is 10.4. The zero-order chi connectivity index (χ0) is 23.3. The lowest BCUT2D eigenvalue weighted by molar-refractivity contribution is -0.116. The first-order chi connectivity index (χ1) is 15.3. The zero-order valence-electron chi connectivity index (χ0n) is 17.7. The van der Waals surface area contributed by atoms with Crippen LogP contribution in [0.5, 0.6) is 0 Å². The minimum atomic E-state index is -0.555. The number of H-pyrrole nitrogens is 1. The van der Waals surface area contributed by atoms with E-state index in [1.54, 1.807) is 56.3 Å². The van der Waals surface area contributed by atoms with Gasteiger partial charge in [0.15, 0.2) is 10.9 Å². The van der Waals surface area contributed by atoms with Gasteiger partial charge in [-0.3, -0.25) is 19.4 Å². The first-order valence-electron chi connectivity index (χ1n) is 9.89. The van der Waals surface area contributed by atoms with Crippen LogP contribution in [0, 0.1) is 6.92 Å². The highest BCUT2D eigenvalue weighted by atomic mass is 35.5. The number of aromatic nitrogens is 3. The van der Waals surface area contributed by atoms with Gasteiger partial charge in [-0.25, -0.2) is 0 Å². The van der Waals surface area contributed by atoms with Crippen molar-refractivity contribution < 1.29 is 9.59 Å². The Morgan fingerprint density at radius 1 is 1.09 bits per heavy atom. The molecule has 2 aromatic carbocycles. The second-order valence-electron chi connectivity index (χ2n) is 6.92. The normalized spacial score (nSPS) is 11.6. The molecule has 3 rings (SSSR count). The molecule has 0 radical (unpaired) electrons. The van der Waals surface area contributed by atoms with Gasteiger partial charge in [0.25, 0.3) is 5.56 Å². The van der Waals surface area contributed by atoms with Crippen LogP contribution < -0.4 is 16.2 Å². The monoisotopic (exact) mass is 471 g/mol. The maximum atomic E-state index is 12.7. The molecule has 0 aliphatic heterocycles. The van der Waals surface area contributed by atoms with Gasteiger partial charge in [-0.2, -0.15) is 0 Å². The third kappa shape index (κ3) is 5.54. The maximum absolute atomic E-state index is 12.7. The van der Waals surface area contributed by atoms with E-state index >= 15 is 0 Å². The van der Waals surface area contributed by atoms with Crippen LogP contribution in [-0.4, -0.2) is 32.2 Å². The lowest BCUT2D eigenvalue weighted by atomic mass is 10.1. The van der Waals surface area contributed by atoms with Crippen molar-refractivity contribution in [2.75, 3.05) is 10.6 Å². The lowest BCUT2D eigenvalue weighted by Gasteiger charge is -2.13. The Bertz CT molecular complexity index is 1210. The molecule has 10 heteroatoms. The first kappa shape index (κ1) is 23.5. The van der Waals surface area contributed by atoms with Gasteiger partial charge >= 0.3 is 0 Å². The number of rotatable bonds is 7. The van der Waals surface area contributed by atoms with E-state index in [4.69, 9.17) is 11.6 Å². The van der Waals surface area contributed by atoms with Crippen molar-refractivity contribution in [3.05, 3.63) is 63.4 Å². The Hall–Kier alpha value is -3.17. The molecule has 8 nitrogen and oxygen atoms in total. The highest BCUT2D eigenvalue weighted by Crippen LogP contribution is 2.26.